The maximum Gasteiger partial charge on any atom is 0.328 e. The lowest BCUT2D eigenvalue weighted by molar-refractivity contribution is -0.655. The summed E-state index contributed by atoms with van der Waals surface area (Å²) in [5.41, 5.74) is 1.09. The predicted octanol–water partition coefficient (Wildman–Crippen LogP) is -1.00. The molecule has 2 heterocycles. The zero-order valence-corrected chi connectivity index (χ0v) is 13.1. The molecule has 7 nitrogen and oxygen atoms in total. The Labute approximate surface area is 139 Å². The number of hydrogen-bond donors (Lipinski definition) is 2. The molecule has 3 N–H and O–H groups in total. The molecule has 1 saturated heterocycles. The van der Waals surface area contributed by atoms with Crippen LogP contribution in [-0.4, -0.2) is 48.2 Å². The number of nitrogens with two attached hydrogens (primary N) is 1. The van der Waals surface area contributed by atoms with Crippen LogP contribution < -0.4 is 15.3 Å². The summed E-state index contributed by atoms with van der Waals surface area (Å²) >= 11 is 0. The Morgan fingerprint density at radius 2 is 1.83 bits per heavy atom. The molecule has 1 aromatic heterocycles. The number of benzene rings is 1. The van der Waals surface area contributed by atoms with E-state index in [2.05, 4.69) is 40.5 Å². The minimum absolute atomic E-state index is 0.447. The van der Waals surface area contributed by atoms with Crippen LogP contribution in [0.3, 0.4) is 0 Å². The van der Waals surface area contributed by atoms with Gasteiger partial charge in [0.15, 0.2) is 0 Å². The quantitative estimate of drug-likeness (QED) is 0.699. The lowest BCUT2D eigenvalue weighted by atomic mass is 10.2. The summed E-state index contributed by atoms with van der Waals surface area (Å²) in [5, 5.41) is 20.8. The van der Waals surface area contributed by atoms with Crippen LogP contribution in [0.4, 0.5) is 5.82 Å². The van der Waals surface area contributed by atoms with Crippen molar-refractivity contribution in [1.29, 1.82) is 0 Å². The zero-order valence-electron chi connectivity index (χ0n) is 13.1. The summed E-state index contributed by atoms with van der Waals surface area (Å²) in [7, 11) is 0. The lowest BCUT2D eigenvalue weighted by Gasteiger charge is -2.26. The number of rotatable bonds is 3. The fourth-order valence-corrected chi connectivity index (χ4v) is 2.35. The van der Waals surface area contributed by atoms with E-state index in [1.165, 1.54) is 18.5 Å². The minimum Gasteiger partial charge on any atom is -0.545 e. The molecule has 0 bridgehead atoms. The summed E-state index contributed by atoms with van der Waals surface area (Å²) in [6, 6.07) is 12.6. The molecule has 126 valence electrons. The average molecular weight is 329 g/mol. The van der Waals surface area contributed by atoms with Gasteiger partial charge in [-0.25, -0.2) is 9.78 Å². The number of aliphatic carboxylic acids is 2. The van der Waals surface area contributed by atoms with Crippen LogP contribution in [0.15, 0.2) is 48.6 Å². The average Bonchev–Trinajstić information content (AvgIpc) is 2.61. The maximum absolute atomic E-state index is 9.53. The fraction of sp³-hybridized carbons (Fsp3) is 0.235. The molecule has 2 aromatic rings. The van der Waals surface area contributed by atoms with Gasteiger partial charge in [0.05, 0.1) is 37.7 Å². The Morgan fingerprint density at radius 1 is 1.12 bits per heavy atom. The van der Waals surface area contributed by atoms with Gasteiger partial charge >= 0.3 is 5.97 Å². The monoisotopic (exact) mass is 329 g/mol. The van der Waals surface area contributed by atoms with E-state index < -0.39 is 11.9 Å². The molecule has 0 spiro atoms. The van der Waals surface area contributed by atoms with Crippen LogP contribution in [0, 0.1) is 0 Å². The van der Waals surface area contributed by atoms with E-state index in [1.54, 1.807) is 0 Å². The number of carboxylic acid groups (broad SMARTS) is 2. The van der Waals surface area contributed by atoms with E-state index in [0.717, 1.165) is 24.4 Å². The number of nitrogens with zero attached hydrogens (tertiary/aromatic N) is 2. The molecule has 0 saturated carbocycles. The van der Waals surface area contributed by atoms with E-state index in [1.807, 2.05) is 6.07 Å². The molecule has 1 aromatic carbocycles. The summed E-state index contributed by atoms with van der Waals surface area (Å²) in [6.45, 7) is 4.56. The van der Waals surface area contributed by atoms with Gasteiger partial charge in [-0.05, 0) is 24.3 Å². The van der Waals surface area contributed by atoms with Crippen LogP contribution in [-0.2, 0) is 9.59 Å². The number of aromatic nitrogens is 1. The topological polar surface area (TPSA) is 110 Å². The van der Waals surface area contributed by atoms with Gasteiger partial charge in [0.25, 0.3) is 0 Å². The summed E-state index contributed by atoms with van der Waals surface area (Å²) in [4.78, 5) is 26.0. The maximum atomic E-state index is 9.53. The van der Waals surface area contributed by atoms with Crippen molar-refractivity contribution in [3.05, 3.63) is 48.6 Å². The number of fused-ring (bicyclic) bond motifs is 1. The zero-order chi connectivity index (χ0) is 17.4. The van der Waals surface area contributed by atoms with Gasteiger partial charge in [-0.15, -0.1) is 0 Å². The third-order valence-electron chi connectivity index (χ3n) is 3.48. The van der Waals surface area contributed by atoms with Crippen molar-refractivity contribution in [2.75, 3.05) is 31.1 Å². The minimum atomic E-state index is -1.51. The first-order valence-corrected chi connectivity index (χ1v) is 7.60. The smallest absolute Gasteiger partial charge is 0.328 e. The van der Waals surface area contributed by atoms with Crippen LogP contribution in [0.25, 0.3) is 10.9 Å². The highest BCUT2D eigenvalue weighted by molar-refractivity contribution is 5.88. The van der Waals surface area contributed by atoms with Gasteiger partial charge in [0.1, 0.15) is 5.82 Å². The molecule has 0 atom stereocenters. The molecule has 0 amide bonds. The molecule has 0 unspecified atom stereocenters. The largest absolute Gasteiger partial charge is 0.545 e. The SMILES string of the molecule is O=C([O-])/C=C/C(=O)O.c1ccc2nc(N3CC[NH2+]CC3)ccc2c1. The van der Waals surface area contributed by atoms with Crippen LogP contribution in [0.1, 0.15) is 0 Å². The highest BCUT2D eigenvalue weighted by Gasteiger charge is 2.13. The highest BCUT2D eigenvalue weighted by atomic mass is 16.4. The Hall–Kier alpha value is -2.93. The number of carbonyl (C=O) groups excluding carboxylic acids is 1. The second-order valence-corrected chi connectivity index (χ2v) is 5.21. The highest BCUT2D eigenvalue weighted by Crippen LogP contribution is 2.17. The van der Waals surface area contributed by atoms with Gasteiger partial charge in [0, 0.05) is 11.5 Å². The normalized spacial score (nSPS) is 14.2. The van der Waals surface area contributed by atoms with Crippen LogP contribution in [0.2, 0.25) is 0 Å². The number of hydrogen-bond acceptors (Lipinski definition) is 5. The number of carboxylic acids is 2. The molecule has 0 radical (unpaired) electrons. The summed E-state index contributed by atoms with van der Waals surface area (Å²) in [5.74, 6) is -1.69. The van der Waals surface area contributed by atoms with Gasteiger partial charge < -0.3 is 25.2 Å². The van der Waals surface area contributed by atoms with E-state index in [0.29, 0.717) is 12.2 Å². The van der Waals surface area contributed by atoms with Crippen molar-refractivity contribution < 1.29 is 25.1 Å². The van der Waals surface area contributed by atoms with Gasteiger partial charge in [0.2, 0.25) is 0 Å². The van der Waals surface area contributed by atoms with Crippen molar-refractivity contribution in [1.82, 2.24) is 4.98 Å². The number of para-hydroxylation sites is 1. The van der Waals surface area contributed by atoms with E-state index in [-0.39, 0.29) is 0 Å². The van der Waals surface area contributed by atoms with Crippen molar-refractivity contribution >= 4 is 28.7 Å². The third kappa shape index (κ3) is 5.36. The van der Waals surface area contributed by atoms with E-state index in [9.17, 15) is 14.7 Å². The van der Waals surface area contributed by atoms with Crippen LogP contribution in [0.5, 0.6) is 0 Å². The van der Waals surface area contributed by atoms with Gasteiger partial charge in [-0.1, -0.05) is 18.2 Å². The number of pyridine rings is 1. The molecule has 3 rings (SSSR count). The third-order valence-corrected chi connectivity index (χ3v) is 3.48. The molecule has 1 aliphatic rings. The molecule has 1 aliphatic heterocycles. The molecule has 0 aliphatic carbocycles. The van der Waals surface area contributed by atoms with Gasteiger partial charge in [-0.2, -0.15) is 0 Å². The number of piperazine rings is 1. The number of anilines is 1. The number of quaternary nitrogens is 1. The standard InChI is InChI=1S/C13H15N3.C4H4O4/c1-2-4-12-11(3-1)5-6-13(15-12)16-9-7-14-8-10-16;5-3(6)1-2-4(7)8/h1-6,14H,7-10H2;1-2H,(H,5,6)(H,7,8)/b;2-1+. The molecule has 7 heteroatoms. The van der Waals surface area contributed by atoms with E-state index >= 15 is 0 Å². The first kappa shape index (κ1) is 17.4. The Balaban J connectivity index is 0.000000224. The Bertz CT molecular complexity index is 723. The first-order chi connectivity index (χ1) is 11.6. The predicted molar refractivity (Wildman–Crippen MR) is 87.4 cm³/mol. The van der Waals surface area contributed by atoms with E-state index in [4.69, 9.17) is 10.1 Å². The molecular weight excluding hydrogens is 310 g/mol. The van der Waals surface area contributed by atoms with Crippen molar-refractivity contribution in [3.63, 3.8) is 0 Å². The lowest BCUT2D eigenvalue weighted by Crippen LogP contribution is -2.89. The van der Waals surface area contributed by atoms with Gasteiger partial charge in [-0.3, -0.25) is 0 Å². The molecular formula is C17H19N3O4. The van der Waals surface area contributed by atoms with Crippen molar-refractivity contribution in [3.8, 4) is 0 Å². The molecule has 1 fully saturated rings. The Kier molecular flexibility index (Phi) is 6.27. The van der Waals surface area contributed by atoms with Crippen molar-refractivity contribution in [2.24, 2.45) is 0 Å². The summed E-state index contributed by atoms with van der Waals surface area (Å²) < 4.78 is 0. The van der Waals surface area contributed by atoms with Crippen molar-refractivity contribution in [2.45, 2.75) is 0 Å². The van der Waals surface area contributed by atoms with Crippen LogP contribution >= 0.6 is 0 Å². The second-order valence-electron chi connectivity index (χ2n) is 5.21. The first-order valence-electron chi connectivity index (χ1n) is 7.60. The Morgan fingerprint density at radius 3 is 2.46 bits per heavy atom. The molecule has 24 heavy (non-hydrogen) atoms. The number of carbonyl (C=O) groups is 2. The summed E-state index contributed by atoms with van der Waals surface area (Å²) in [6.07, 6.45) is 0.942. The second kappa shape index (κ2) is 8.64. The fourth-order valence-electron chi connectivity index (χ4n) is 2.35.